The zero-order valence-corrected chi connectivity index (χ0v) is 16.6. The highest BCUT2D eigenvalue weighted by Gasteiger charge is 2.34. The number of thiophene rings is 1. The number of amides is 1. The number of aryl methyl sites for hydroxylation is 2. The molecule has 0 bridgehead atoms. The van der Waals surface area contributed by atoms with Gasteiger partial charge in [-0.3, -0.25) is 4.79 Å². The highest BCUT2D eigenvalue weighted by molar-refractivity contribution is 7.15. The molecular formula is C23H21NO3S. The zero-order valence-electron chi connectivity index (χ0n) is 15.8. The first-order valence-corrected chi connectivity index (χ1v) is 10.1. The van der Waals surface area contributed by atoms with E-state index in [-0.39, 0.29) is 16.7 Å². The minimum atomic E-state index is -0.968. The van der Waals surface area contributed by atoms with E-state index >= 15 is 0 Å². The average molecular weight is 391 g/mol. The van der Waals surface area contributed by atoms with Gasteiger partial charge in [-0.1, -0.05) is 61.0 Å². The van der Waals surface area contributed by atoms with Crippen LogP contribution in [0.4, 0.5) is 5.69 Å². The minimum absolute atomic E-state index is 0.0832. The van der Waals surface area contributed by atoms with Gasteiger partial charge in [0.25, 0.3) is 0 Å². The van der Waals surface area contributed by atoms with Gasteiger partial charge in [-0.2, -0.15) is 0 Å². The molecule has 4 rings (SSSR count). The number of hydrogen-bond donors (Lipinski definition) is 2. The van der Waals surface area contributed by atoms with E-state index < -0.39 is 5.97 Å². The van der Waals surface area contributed by atoms with Crippen molar-refractivity contribution in [1.29, 1.82) is 0 Å². The second kappa shape index (κ2) is 7.24. The molecule has 1 aliphatic rings. The number of carboxylic acid groups (broad SMARTS) is 1. The van der Waals surface area contributed by atoms with E-state index in [0.29, 0.717) is 17.7 Å². The molecule has 1 aromatic heterocycles. The third-order valence-corrected chi connectivity index (χ3v) is 6.52. The van der Waals surface area contributed by atoms with E-state index in [1.807, 2.05) is 31.2 Å². The Labute approximate surface area is 167 Å². The second-order valence-corrected chi connectivity index (χ2v) is 8.17. The van der Waals surface area contributed by atoms with Crippen molar-refractivity contribution < 1.29 is 14.7 Å². The van der Waals surface area contributed by atoms with Crippen molar-refractivity contribution in [3.8, 4) is 11.1 Å². The van der Waals surface area contributed by atoms with Gasteiger partial charge in [0.2, 0.25) is 5.91 Å². The Morgan fingerprint density at radius 2 is 1.82 bits per heavy atom. The molecule has 0 radical (unpaired) electrons. The smallest absolute Gasteiger partial charge is 0.346 e. The maximum absolute atomic E-state index is 12.5. The molecule has 3 aromatic rings. The van der Waals surface area contributed by atoms with Crippen LogP contribution < -0.4 is 5.32 Å². The van der Waals surface area contributed by atoms with E-state index in [2.05, 4.69) is 36.5 Å². The Morgan fingerprint density at radius 1 is 1.14 bits per heavy atom. The molecule has 1 aliphatic heterocycles. The van der Waals surface area contributed by atoms with Crippen molar-refractivity contribution in [2.75, 3.05) is 5.32 Å². The van der Waals surface area contributed by atoms with Gasteiger partial charge in [-0.05, 0) is 30.0 Å². The van der Waals surface area contributed by atoms with Crippen molar-refractivity contribution in [1.82, 2.24) is 0 Å². The van der Waals surface area contributed by atoms with Gasteiger partial charge in [0.15, 0.2) is 0 Å². The van der Waals surface area contributed by atoms with Crippen molar-refractivity contribution in [2.24, 2.45) is 0 Å². The first-order chi connectivity index (χ1) is 13.5. The van der Waals surface area contributed by atoms with Crippen LogP contribution in [-0.2, 0) is 11.2 Å². The van der Waals surface area contributed by atoms with Gasteiger partial charge in [-0.15, -0.1) is 11.3 Å². The summed E-state index contributed by atoms with van der Waals surface area (Å²) in [6, 6.07) is 16.0. The molecule has 0 saturated heterocycles. The van der Waals surface area contributed by atoms with Crippen molar-refractivity contribution in [3.63, 3.8) is 0 Å². The molecule has 2 heterocycles. The van der Waals surface area contributed by atoms with Crippen LogP contribution in [0.15, 0.2) is 48.5 Å². The van der Waals surface area contributed by atoms with Gasteiger partial charge >= 0.3 is 5.97 Å². The van der Waals surface area contributed by atoms with Gasteiger partial charge in [0, 0.05) is 22.8 Å². The minimum Gasteiger partial charge on any atom is -0.477 e. The van der Waals surface area contributed by atoms with Gasteiger partial charge in [-0.25, -0.2) is 4.79 Å². The molecule has 4 nitrogen and oxygen atoms in total. The topological polar surface area (TPSA) is 66.4 Å². The number of carbonyl (C=O) groups is 2. The molecule has 2 aromatic carbocycles. The van der Waals surface area contributed by atoms with Gasteiger partial charge in [0.1, 0.15) is 4.88 Å². The van der Waals surface area contributed by atoms with Crippen LogP contribution in [0.25, 0.3) is 11.1 Å². The largest absolute Gasteiger partial charge is 0.477 e. The van der Waals surface area contributed by atoms with E-state index in [1.54, 1.807) is 0 Å². The van der Waals surface area contributed by atoms with E-state index in [0.717, 1.165) is 28.0 Å². The molecule has 2 N–H and O–H groups in total. The van der Waals surface area contributed by atoms with E-state index in [9.17, 15) is 14.7 Å². The summed E-state index contributed by atoms with van der Waals surface area (Å²) < 4.78 is 0. The number of aromatic carboxylic acids is 1. The van der Waals surface area contributed by atoms with Crippen LogP contribution >= 0.6 is 11.3 Å². The summed E-state index contributed by atoms with van der Waals surface area (Å²) in [5.74, 6) is -1.18. The van der Waals surface area contributed by atoms with Crippen molar-refractivity contribution in [2.45, 2.75) is 32.6 Å². The lowest BCUT2D eigenvalue weighted by Crippen LogP contribution is -2.22. The van der Waals surface area contributed by atoms with Crippen molar-refractivity contribution >= 4 is 28.9 Å². The molecule has 0 spiro atoms. The molecule has 28 heavy (non-hydrogen) atoms. The monoisotopic (exact) mass is 391 g/mol. The molecule has 1 amide bonds. The first kappa shape index (κ1) is 18.4. The predicted octanol–water partition coefficient (Wildman–Crippen LogP) is 5.46. The second-order valence-electron chi connectivity index (χ2n) is 7.12. The molecule has 0 saturated carbocycles. The lowest BCUT2D eigenvalue weighted by atomic mass is 9.88. The fourth-order valence-electron chi connectivity index (χ4n) is 3.69. The fourth-order valence-corrected chi connectivity index (χ4v) is 4.93. The zero-order chi connectivity index (χ0) is 19.8. The maximum Gasteiger partial charge on any atom is 0.346 e. The number of fused-ring (bicyclic) bond motifs is 1. The molecular weight excluding hydrogens is 370 g/mol. The number of carbonyl (C=O) groups excluding carboxylic acids is 1. The van der Waals surface area contributed by atoms with Gasteiger partial charge in [0.05, 0.1) is 5.69 Å². The Bertz CT molecular complexity index is 1050. The summed E-state index contributed by atoms with van der Waals surface area (Å²) in [5.41, 5.74) is 5.44. The predicted molar refractivity (Wildman–Crippen MR) is 112 cm³/mol. The molecule has 1 atom stereocenters. The summed E-state index contributed by atoms with van der Waals surface area (Å²) in [6.07, 6.45) is 1.28. The highest BCUT2D eigenvalue weighted by Crippen LogP contribution is 2.49. The van der Waals surface area contributed by atoms with E-state index in [1.165, 1.54) is 16.9 Å². The molecule has 142 valence electrons. The lowest BCUT2D eigenvalue weighted by Gasteiger charge is -2.24. The third kappa shape index (κ3) is 3.22. The average Bonchev–Trinajstić information content (AvgIpc) is 3.07. The standard InChI is InChI=1S/C23H21NO3S/c1-3-14-6-10-15(11-7-14)17-12-18(25)24-20-19(16-8-4-13(2)5-9-16)22(23(26)27)28-21(17)20/h4-11,17H,3,12H2,1-2H3,(H,24,25)(H,26,27)/t17-/m1/s1. The Balaban J connectivity index is 1.89. The number of benzene rings is 2. The third-order valence-electron chi connectivity index (χ3n) is 5.23. The Morgan fingerprint density at radius 3 is 2.43 bits per heavy atom. The maximum atomic E-state index is 12.5. The SMILES string of the molecule is CCc1ccc([C@H]2CC(=O)Nc3c2sc(C(=O)O)c3-c2ccc(C)cc2)cc1. The number of rotatable bonds is 4. The number of carboxylic acids is 1. The summed E-state index contributed by atoms with van der Waals surface area (Å²) in [6.45, 7) is 4.09. The summed E-state index contributed by atoms with van der Waals surface area (Å²) in [7, 11) is 0. The van der Waals surface area contributed by atoms with Gasteiger partial charge < -0.3 is 10.4 Å². The van der Waals surface area contributed by atoms with Crippen LogP contribution in [0.2, 0.25) is 0 Å². The molecule has 0 fully saturated rings. The quantitative estimate of drug-likeness (QED) is 0.621. The van der Waals surface area contributed by atoms with Crippen LogP contribution in [0.5, 0.6) is 0 Å². The van der Waals surface area contributed by atoms with Crippen LogP contribution in [-0.4, -0.2) is 17.0 Å². The summed E-state index contributed by atoms with van der Waals surface area (Å²) >= 11 is 1.27. The number of anilines is 1. The van der Waals surface area contributed by atoms with Crippen LogP contribution in [0.1, 0.15) is 50.5 Å². The molecule has 5 heteroatoms. The Hall–Kier alpha value is -2.92. The van der Waals surface area contributed by atoms with Crippen molar-refractivity contribution in [3.05, 3.63) is 75.0 Å². The Kier molecular flexibility index (Phi) is 4.77. The number of hydrogen-bond acceptors (Lipinski definition) is 3. The van der Waals surface area contributed by atoms with E-state index in [4.69, 9.17) is 0 Å². The number of nitrogens with one attached hydrogen (secondary N) is 1. The first-order valence-electron chi connectivity index (χ1n) is 9.33. The summed E-state index contributed by atoms with van der Waals surface area (Å²) in [5, 5.41) is 12.8. The lowest BCUT2D eigenvalue weighted by molar-refractivity contribution is -0.116. The highest BCUT2D eigenvalue weighted by atomic mass is 32.1. The van der Waals surface area contributed by atoms with Crippen LogP contribution in [0.3, 0.4) is 0 Å². The van der Waals surface area contributed by atoms with Crippen LogP contribution in [0, 0.1) is 6.92 Å². The fraction of sp³-hybridized carbons (Fsp3) is 0.217. The molecule has 0 unspecified atom stereocenters. The summed E-state index contributed by atoms with van der Waals surface area (Å²) in [4.78, 5) is 25.7. The molecule has 0 aliphatic carbocycles. The normalized spacial score (nSPS) is 15.8.